The van der Waals surface area contributed by atoms with Gasteiger partial charge >= 0.3 is 0 Å². The molecule has 4 N–H and O–H groups in total. The van der Waals surface area contributed by atoms with Crippen LogP contribution in [-0.4, -0.2) is 129 Å². The van der Waals surface area contributed by atoms with Crippen molar-refractivity contribution in [3.63, 3.8) is 0 Å². The molecule has 5 aromatic rings. The van der Waals surface area contributed by atoms with Crippen LogP contribution in [0.5, 0.6) is 0 Å². The number of aromatic nitrogens is 2. The van der Waals surface area contributed by atoms with Crippen molar-refractivity contribution in [1.82, 2.24) is 35.3 Å². The molecule has 1 aliphatic carbocycles. The number of rotatable bonds is 15. The number of aliphatic hydroxyl groups excluding tert-OH is 1. The predicted octanol–water partition coefficient (Wildman–Crippen LogP) is 7.78. The number of benzene rings is 3. The van der Waals surface area contributed by atoms with E-state index in [-0.39, 0.29) is 49.4 Å². The van der Waals surface area contributed by atoms with Crippen LogP contribution < -0.4 is 15.5 Å². The molecule has 3 atom stereocenters. The maximum Gasteiger partial charge on any atom is 0.246 e. The van der Waals surface area contributed by atoms with Gasteiger partial charge in [-0.25, -0.2) is 4.98 Å². The topological polar surface area (TPSA) is 195 Å². The zero-order valence-corrected chi connectivity index (χ0v) is 45.5. The Morgan fingerprint density at radius 3 is 2.35 bits per heavy atom. The highest BCUT2D eigenvalue weighted by Crippen LogP contribution is 2.46. The Hall–Kier alpha value is -6.41. The van der Waals surface area contributed by atoms with Crippen LogP contribution in [0.3, 0.4) is 0 Å². The number of nitrogens with one attached hydrogen (secondary N) is 3. The van der Waals surface area contributed by atoms with Gasteiger partial charge in [-0.2, -0.15) is 5.26 Å². The van der Waals surface area contributed by atoms with Gasteiger partial charge in [0.1, 0.15) is 12.1 Å². The van der Waals surface area contributed by atoms with Crippen molar-refractivity contribution in [2.45, 2.75) is 142 Å². The van der Waals surface area contributed by atoms with E-state index in [2.05, 4.69) is 69.4 Å². The summed E-state index contributed by atoms with van der Waals surface area (Å²) in [6.07, 6.45) is 4.70. The second kappa shape index (κ2) is 22.0. The number of aromatic amines is 1. The molecule has 4 amide bonds. The first-order chi connectivity index (χ1) is 35.9. The van der Waals surface area contributed by atoms with Crippen LogP contribution in [0.4, 0.5) is 5.69 Å². The van der Waals surface area contributed by atoms with Gasteiger partial charge in [-0.05, 0) is 91.0 Å². The number of piperazine rings is 1. The van der Waals surface area contributed by atoms with Crippen molar-refractivity contribution in [2.75, 3.05) is 50.7 Å². The van der Waals surface area contributed by atoms with E-state index in [0.29, 0.717) is 55.9 Å². The number of nitrogens with zero attached hydrogens (tertiary/aromatic N) is 6. The standard InChI is InChI=1S/C59H73N9O6S/c1-8-39-29-44-45(59(6,7)54-51(52(44)72)43-19-16-38(32-60)28-46(43)63-54)31-47(39)66-22-20-41(21-23-66)65-24-26-67(27-25-65)50(71)13-11-9-10-12-49(70)64-55(58(3,4)5)57(74)68-34-42(69)30-48(68)56(73)61-33-37-14-17-40(18-15-37)53-36(2)62-35-75-53/h14-19,28-29,31,35,41-42,48,55,63,69H,8-13,20-27,30,33-34H2,1-7H3,(H,61,73)(H,64,70)/t42-,48+,55-/m1/s1. The number of carbonyl (C=O) groups is 5. The number of carbonyl (C=O) groups excluding carboxylic acids is 5. The number of hydrogen-bond donors (Lipinski definition) is 4. The fourth-order valence-electron chi connectivity index (χ4n) is 11.9. The maximum absolute atomic E-state index is 14.2. The van der Waals surface area contributed by atoms with E-state index < -0.39 is 34.9 Å². The van der Waals surface area contributed by atoms with Crippen molar-refractivity contribution >= 4 is 57.3 Å². The summed E-state index contributed by atoms with van der Waals surface area (Å²) < 4.78 is 0. The van der Waals surface area contributed by atoms with Crippen LogP contribution in [-0.2, 0) is 37.6 Å². The molecule has 16 heteroatoms. The molecule has 0 unspecified atom stereocenters. The number of aryl methyl sites for hydroxylation is 2. The van der Waals surface area contributed by atoms with Gasteiger partial charge in [0.05, 0.1) is 39.4 Å². The summed E-state index contributed by atoms with van der Waals surface area (Å²) in [5.41, 5.74) is 10.8. The van der Waals surface area contributed by atoms with E-state index in [9.17, 15) is 34.3 Å². The van der Waals surface area contributed by atoms with Gasteiger partial charge in [0.2, 0.25) is 23.6 Å². The molecule has 5 heterocycles. The highest BCUT2D eigenvalue weighted by atomic mass is 32.1. The monoisotopic (exact) mass is 1040 g/mol. The number of nitriles is 1. The summed E-state index contributed by atoms with van der Waals surface area (Å²) in [6, 6.07) is 18.7. The molecule has 0 spiro atoms. The number of piperidine rings is 1. The molecule has 75 heavy (non-hydrogen) atoms. The van der Waals surface area contributed by atoms with Crippen LogP contribution in [0.25, 0.3) is 21.3 Å². The van der Waals surface area contributed by atoms with Crippen molar-refractivity contribution in [3.8, 4) is 16.5 Å². The van der Waals surface area contributed by atoms with Crippen LogP contribution >= 0.6 is 11.3 Å². The quantitative estimate of drug-likeness (QED) is 0.0753. The first-order valence-electron chi connectivity index (χ1n) is 27.0. The molecule has 9 rings (SSSR count). The van der Waals surface area contributed by atoms with Gasteiger partial charge in [0, 0.05) is 111 Å². The molecule has 3 aromatic carbocycles. The van der Waals surface area contributed by atoms with Gasteiger partial charge in [-0.15, -0.1) is 11.3 Å². The third-order valence-corrected chi connectivity index (χ3v) is 17.3. The van der Waals surface area contributed by atoms with Crippen molar-refractivity contribution in [3.05, 3.63) is 105 Å². The highest BCUT2D eigenvalue weighted by Gasteiger charge is 2.45. The Kier molecular flexibility index (Phi) is 15.7. The van der Waals surface area contributed by atoms with E-state index in [4.69, 9.17) is 0 Å². The maximum atomic E-state index is 14.2. The lowest BCUT2D eigenvalue weighted by Crippen LogP contribution is -2.57. The normalized spacial score (nSPS) is 19.4. The number of hydrogen-bond acceptors (Lipinski definition) is 11. The van der Waals surface area contributed by atoms with Crippen molar-refractivity contribution in [1.29, 1.82) is 5.26 Å². The van der Waals surface area contributed by atoms with Crippen LogP contribution in [0, 0.1) is 23.7 Å². The van der Waals surface area contributed by atoms with E-state index in [1.807, 2.05) is 74.5 Å². The number of H-pyrrole nitrogens is 1. The Morgan fingerprint density at radius 1 is 0.960 bits per heavy atom. The van der Waals surface area contributed by atoms with E-state index in [1.54, 1.807) is 17.4 Å². The minimum Gasteiger partial charge on any atom is -0.391 e. The number of ketones is 1. The molecule has 0 radical (unpaired) electrons. The molecular weight excluding hydrogens is 963 g/mol. The summed E-state index contributed by atoms with van der Waals surface area (Å²) in [5.74, 6) is -0.822. The molecule has 0 bridgehead atoms. The minimum absolute atomic E-state index is 0.00835. The third kappa shape index (κ3) is 11.1. The van der Waals surface area contributed by atoms with E-state index in [1.165, 1.54) is 16.2 Å². The first-order valence-corrected chi connectivity index (χ1v) is 27.8. The largest absolute Gasteiger partial charge is 0.391 e. The molecule has 15 nitrogen and oxygen atoms in total. The van der Waals surface area contributed by atoms with Gasteiger partial charge in [0.25, 0.3) is 0 Å². The molecule has 3 saturated heterocycles. The molecular formula is C59H73N9O6S. The molecule has 0 saturated carbocycles. The second-order valence-corrected chi connectivity index (χ2v) is 23.6. The van der Waals surface area contributed by atoms with Gasteiger partial charge in [-0.1, -0.05) is 78.3 Å². The number of unbranched alkanes of at least 4 members (excludes halogenated alkanes) is 2. The molecule has 3 fully saturated rings. The fourth-order valence-corrected chi connectivity index (χ4v) is 12.7. The summed E-state index contributed by atoms with van der Waals surface area (Å²) in [6.45, 7) is 19.3. The Balaban J connectivity index is 0.701. The number of fused-ring (bicyclic) bond motifs is 4. The SMILES string of the molecule is CCc1cc2c(cc1N1CCC(N3CCN(C(=O)CCCCCC(=O)N[C@H](C(=O)N4C[C@H](O)C[C@H]4C(=O)NCc4ccc(-c5scnc5C)cc4)C(C)(C)C)CC3)CC1)C(C)(C)c1[nH]c3cc(C#N)ccc3c1C2=O. The summed E-state index contributed by atoms with van der Waals surface area (Å²) in [4.78, 5) is 86.0. The second-order valence-electron chi connectivity index (χ2n) is 22.7. The van der Waals surface area contributed by atoms with Crippen LogP contribution in [0.2, 0.25) is 0 Å². The van der Waals surface area contributed by atoms with Gasteiger partial charge in [-0.3, -0.25) is 28.9 Å². The Morgan fingerprint density at radius 2 is 1.68 bits per heavy atom. The van der Waals surface area contributed by atoms with Gasteiger partial charge < -0.3 is 35.4 Å². The summed E-state index contributed by atoms with van der Waals surface area (Å²) in [5, 5.41) is 26.9. The lowest BCUT2D eigenvalue weighted by molar-refractivity contribution is -0.144. The summed E-state index contributed by atoms with van der Waals surface area (Å²) >= 11 is 1.58. The average molecular weight is 1040 g/mol. The van der Waals surface area contributed by atoms with E-state index in [0.717, 1.165) is 94.9 Å². The Bertz CT molecular complexity index is 3000. The lowest BCUT2D eigenvalue weighted by atomic mass is 9.70. The third-order valence-electron chi connectivity index (χ3n) is 16.3. The van der Waals surface area contributed by atoms with E-state index >= 15 is 0 Å². The van der Waals surface area contributed by atoms with Crippen LogP contribution in [0.1, 0.15) is 142 Å². The molecule has 4 aliphatic rings. The lowest BCUT2D eigenvalue weighted by Gasteiger charge is -2.44. The average Bonchev–Trinajstić information content (AvgIpc) is 4.14. The highest BCUT2D eigenvalue weighted by molar-refractivity contribution is 7.13. The summed E-state index contributed by atoms with van der Waals surface area (Å²) in [7, 11) is 0. The number of likely N-dealkylation sites (tertiary alicyclic amines) is 1. The van der Waals surface area contributed by atoms with Crippen molar-refractivity contribution in [2.24, 2.45) is 5.41 Å². The molecule has 2 aromatic heterocycles. The smallest absolute Gasteiger partial charge is 0.246 e. The zero-order valence-electron chi connectivity index (χ0n) is 44.7. The first kappa shape index (κ1) is 53.4. The number of amides is 4. The zero-order chi connectivity index (χ0) is 53.3. The molecule has 3 aliphatic heterocycles. The Labute approximate surface area is 445 Å². The number of β-amino-alcohol motifs (C(OH)–C–C–N with tert-alkyl or cyclic N) is 1. The fraction of sp³-hybridized carbons (Fsp3) is 0.508. The molecule has 396 valence electrons. The number of thiazole rings is 1. The minimum atomic E-state index is -0.900. The number of aliphatic hydroxyl groups is 1. The predicted molar refractivity (Wildman–Crippen MR) is 293 cm³/mol. The van der Waals surface area contributed by atoms with Crippen molar-refractivity contribution < 1.29 is 29.1 Å². The number of anilines is 1. The van der Waals surface area contributed by atoms with Crippen LogP contribution in [0.15, 0.2) is 60.1 Å². The van der Waals surface area contributed by atoms with Gasteiger partial charge in [0.15, 0.2) is 5.78 Å².